The first-order valence-corrected chi connectivity index (χ1v) is 17.8. The van der Waals surface area contributed by atoms with Crippen LogP contribution in [-0.4, -0.2) is 41.1 Å². The van der Waals surface area contributed by atoms with Crippen LogP contribution in [-0.2, 0) is 19.2 Å². The Balaban J connectivity index is 3.23. The second kappa shape index (κ2) is 9.81. The molecule has 1 unspecified atom stereocenters. The van der Waals surface area contributed by atoms with E-state index in [9.17, 15) is 13.2 Å². The lowest BCUT2D eigenvalue weighted by atomic mass is 9.76. The molecule has 1 atom stereocenters. The molecule has 0 N–H and O–H groups in total. The van der Waals surface area contributed by atoms with Crippen molar-refractivity contribution in [1.82, 2.24) is 0 Å². The third kappa shape index (κ3) is 5.46. The zero-order valence-electron chi connectivity index (χ0n) is 20.6. The Kier molecular flexibility index (Phi) is 8.26. The van der Waals surface area contributed by atoms with Gasteiger partial charge in [-0.15, -0.1) is 0 Å². The van der Waals surface area contributed by atoms with Gasteiger partial charge in [0.15, 0.2) is 22.2 Å². The van der Waals surface area contributed by atoms with Crippen molar-refractivity contribution in [1.29, 1.82) is 0 Å². The molecule has 0 saturated carbocycles. The average molecular weight is 521 g/mol. The predicted molar refractivity (Wildman–Crippen MR) is 128 cm³/mol. The number of ether oxygens (including phenoxy) is 1. The van der Waals surface area contributed by atoms with E-state index in [-0.39, 0.29) is 11.1 Å². The molecule has 0 spiro atoms. The number of halogens is 5. The van der Waals surface area contributed by atoms with Crippen molar-refractivity contribution >= 4 is 16.6 Å². The molecule has 2 aromatic carbocycles. The van der Waals surface area contributed by atoms with E-state index in [1.807, 2.05) is 0 Å². The maximum atomic E-state index is 16.0. The highest BCUT2D eigenvalue weighted by atomic mass is 28.4. The molecule has 0 aliphatic heterocycles. The number of rotatable bonds is 10. The molecule has 0 aliphatic rings. The lowest BCUT2D eigenvalue weighted by molar-refractivity contribution is -0.431. The van der Waals surface area contributed by atoms with Crippen LogP contribution < -0.4 is 0 Å². The van der Waals surface area contributed by atoms with E-state index in [0.717, 1.165) is 0 Å². The van der Waals surface area contributed by atoms with Crippen LogP contribution >= 0.6 is 0 Å². The number of benzene rings is 2. The van der Waals surface area contributed by atoms with Gasteiger partial charge < -0.3 is 13.6 Å². The molecular formula is C24H33F5O3Si2. The van der Waals surface area contributed by atoms with Gasteiger partial charge in [0.2, 0.25) is 0 Å². The molecule has 0 saturated heterocycles. The van der Waals surface area contributed by atoms with Gasteiger partial charge in [0.25, 0.3) is 5.79 Å². The zero-order valence-corrected chi connectivity index (χ0v) is 22.6. The first-order chi connectivity index (χ1) is 15.4. The summed E-state index contributed by atoms with van der Waals surface area (Å²) < 4.78 is 92.8. The molecule has 0 fully saturated rings. The molecule has 2 aromatic rings. The van der Waals surface area contributed by atoms with Crippen LogP contribution in [0.2, 0.25) is 39.3 Å². The Morgan fingerprint density at radius 3 is 1.32 bits per heavy atom. The molecule has 0 bridgehead atoms. The average Bonchev–Trinajstić information content (AvgIpc) is 2.70. The SMILES string of the molecule is CCOC(O[Si](C)(C)C)(C(O[Si](C)(C)C)(c1ccccc1)c1ccccc1)C(F)(F)C(F)(F)F. The molecule has 10 heteroatoms. The molecule has 0 aromatic heterocycles. The van der Waals surface area contributed by atoms with Gasteiger partial charge in [0.05, 0.1) is 0 Å². The minimum atomic E-state index is -5.99. The fraction of sp³-hybridized carbons (Fsp3) is 0.500. The zero-order chi connectivity index (χ0) is 26.1. The maximum absolute atomic E-state index is 16.0. The second-order valence-corrected chi connectivity index (χ2v) is 18.8. The van der Waals surface area contributed by atoms with Crippen LogP contribution in [0.4, 0.5) is 22.0 Å². The number of hydrogen-bond acceptors (Lipinski definition) is 3. The van der Waals surface area contributed by atoms with Gasteiger partial charge in [-0.2, -0.15) is 22.0 Å². The van der Waals surface area contributed by atoms with Crippen LogP contribution in [0.15, 0.2) is 60.7 Å². The lowest BCUT2D eigenvalue weighted by Crippen LogP contribution is -2.74. The van der Waals surface area contributed by atoms with Crippen molar-refractivity contribution in [3.8, 4) is 0 Å². The second-order valence-electron chi connectivity index (χ2n) is 9.96. The molecule has 0 aliphatic carbocycles. The van der Waals surface area contributed by atoms with Crippen molar-refractivity contribution < 1.29 is 35.5 Å². The minimum absolute atomic E-state index is 0.0826. The highest BCUT2D eigenvalue weighted by molar-refractivity contribution is 6.70. The van der Waals surface area contributed by atoms with Crippen molar-refractivity contribution in [3.63, 3.8) is 0 Å². The van der Waals surface area contributed by atoms with Crippen LogP contribution in [0.3, 0.4) is 0 Å². The Morgan fingerprint density at radius 2 is 1.03 bits per heavy atom. The molecular weight excluding hydrogens is 487 g/mol. The summed E-state index contributed by atoms with van der Waals surface area (Å²) in [5.41, 5.74) is -2.27. The van der Waals surface area contributed by atoms with Crippen LogP contribution in [0.5, 0.6) is 0 Å². The summed E-state index contributed by atoms with van der Waals surface area (Å²) in [4.78, 5) is 0. The molecule has 190 valence electrons. The van der Waals surface area contributed by atoms with Gasteiger partial charge in [-0.25, -0.2) is 0 Å². The van der Waals surface area contributed by atoms with E-state index in [4.69, 9.17) is 13.6 Å². The van der Waals surface area contributed by atoms with E-state index in [0.29, 0.717) is 0 Å². The van der Waals surface area contributed by atoms with Crippen LogP contribution in [0.1, 0.15) is 18.1 Å². The monoisotopic (exact) mass is 520 g/mol. The molecule has 0 radical (unpaired) electrons. The third-order valence-corrected chi connectivity index (χ3v) is 6.67. The van der Waals surface area contributed by atoms with Gasteiger partial charge >= 0.3 is 12.1 Å². The van der Waals surface area contributed by atoms with Gasteiger partial charge in [0.1, 0.15) is 0 Å². The normalized spacial score (nSPS) is 15.8. The molecule has 34 heavy (non-hydrogen) atoms. The summed E-state index contributed by atoms with van der Waals surface area (Å²) in [6.07, 6.45) is -5.99. The van der Waals surface area contributed by atoms with Crippen molar-refractivity contribution in [2.45, 2.75) is 69.7 Å². The maximum Gasteiger partial charge on any atom is 0.459 e. The summed E-state index contributed by atoms with van der Waals surface area (Å²) in [6, 6.07) is 15.5. The molecule has 3 nitrogen and oxygen atoms in total. The Labute approximate surface area is 200 Å². The molecule has 0 amide bonds. The topological polar surface area (TPSA) is 27.7 Å². The predicted octanol–water partition coefficient (Wildman–Crippen LogP) is 7.56. The fourth-order valence-electron chi connectivity index (χ4n) is 3.94. The van der Waals surface area contributed by atoms with E-state index in [1.54, 1.807) is 75.7 Å². The summed E-state index contributed by atoms with van der Waals surface area (Å²) in [5.74, 6) is -8.98. The van der Waals surface area contributed by atoms with E-state index < -0.39 is 46.7 Å². The summed E-state index contributed by atoms with van der Waals surface area (Å²) in [5, 5.41) is 0. The fourth-order valence-corrected chi connectivity index (χ4v) is 6.42. The summed E-state index contributed by atoms with van der Waals surface area (Å²) >= 11 is 0. The van der Waals surface area contributed by atoms with Gasteiger partial charge in [0, 0.05) is 6.61 Å². The van der Waals surface area contributed by atoms with Gasteiger partial charge in [-0.3, -0.25) is 0 Å². The van der Waals surface area contributed by atoms with Crippen molar-refractivity contribution in [2.75, 3.05) is 6.61 Å². The van der Waals surface area contributed by atoms with E-state index >= 15 is 8.78 Å². The molecule has 2 rings (SSSR count). The Morgan fingerprint density at radius 1 is 0.647 bits per heavy atom. The van der Waals surface area contributed by atoms with Crippen molar-refractivity contribution in [2.24, 2.45) is 0 Å². The third-order valence-electron chi connectivity index (χ3n) is 4.85. The van der Waals surface area contributed by atoms with Crippen LogP contribution in [0, 0.1) is 0 Å². The van der Waals surface area contributed by atoms with Gasteiger partial charge in [-0.1, -0.05) is 60.7 Å². The van der Waals surface area contributed by atoms with E-state index in [1.165, 1.54) is 31.2 Å². The first-order valence-electron chi connectivity index (χ1n) is 11.0. The van der Waals surface area contributed by atoms with Crippen LogP contribution in [0.25, 0.3) is 0 Å². The Hall–Kier alpha value is -1.60. The summed E-state index contributed by atoms with van der Waals surface area (Å²) in [6.45, 7) is 10.7. The largest absolute Gasteiger partial charge is 0.459 e. The van der Waals surface area contributed by atoms with E-state index in [2.05, 4.69) is 0 Å². The van der Waals surface area contributed by atoms with Crippen molar-refractivity contribution in [3.05, 3.63) is 71.8 Å². The standard InChI is InChI=1S/C24H33F5O3Si2/c1-8-30-23(32-34(5,6)7,22(25,26)24(27,28)29)21(31-33(2,3)4,19-15-11-9-12-16-19)20-17-13-10-14-18-20/h9-18H,8H2,1-7H3. The first kappa shape index (κ1) is 28.6. The number of hydrogen-bond donors (Lipinski definition) is 0. The highest BCUT2D eigenvalue weighted by Gasteiger charge is 2.81. The number of alkyl halides is 5. The minimum Gasteiger partial charge on any atom is -0.400 e. The van der Waals surface area contributed by atoms with Gasteiger partial charge in [-0.05, 0) is 57.3 Å². The Bertz CT molecular complexity index is 886. The molecule has 0 heterocycles. The summed E-state index contributed by atoms with van der Waals surface area (Å²) in [7, 11) is -5.99. The lowest BCUT2D eigenvalue weighted by Gasteiger charge is -2.56. The smallest absolute Gasteiger partial charge is 0.400 e. The quantitative estimate of drug-likeness (QED) is 0.184. The highest BCUT2D eigenvalue weighted by Crippen LogP contribution is 2.59.